The molecule has 0 radical (unpaired) electrons. The number of rotatable bonds is 4. The van der Waals surface area contributed by atoms with E-state index in [4.69, 9.17) is 4.74 Å². The maximum atomic E-state index is 9.30. The first-order valence-electron chi connectivity index (χ1n) is 6.25. The minimum absolute atomic E-state index is 0.280. The van der Waals surface area contributed by atoms with E-state index in [0.717, 1.165) is 24.2 Å². The third-order valence-corrected chi connectivity index (χ3v) is 3.97. The standard InChI is InChI=1S/C14H20O2S/c1-11(15)10-12-2-4-13(5-3-12)16-14-6-8-17-9-7-14/h2-5,11,14-15H,6-10H2,1H3. The Morgan fingerprint density at radius 2 is 1.94 bits per heavy atom. The molecule has 3 heteroatoms. The second-order valence-corrected chi connectivity index (χ2v) is 5.85. The first kappa shape index (κ1) is 12.8. The Kier molecular flexibility index (Phi) is 4.75. The predicted molar refractivity (Wildman–Crippen MR) is 72.8 cm³/mol. The van der Waals surface area contributed by atoms with Gasteiger partial charge in [-0.1, -0.05) is 12.1 Å². The Labute approximate surface area is 107 Å². The van der Waals surface area contributed by atoms with Gasteiger partial charge in [0.05, 0.1) is 6.10 Å². The Morgan fingerprint density at radius 1 is 1.29 bits per heavy atom. The van der Waals surface area contributed by atoms with Gasteiger partial charge in [0.15, 0.2) is 0 Å². The van der Waals surface area contributed by atoms with Crippen LogP contribution in [0.3, 0.4) is 0 Å². The summed E-state index contributed by atoms with van der Waals surface area (Å²) in [4.78, 5) is 0. The van der Waals surface area contributed by atoms with Crippen molar-refractivity contribution in [3.05, 3.63) is 29.8 Å². The lowest BCUT2D eigenvalue weighted by atomic mass is 10.1. The van der Waals surface area contributed by atoms with E-state index in [-0.39, 0.29) is 6.10 Å². The molecule has 1 atom stereocenters. The number of aliphatic hydroxyl groups excluding tert-OH is 1. The number of aliphatic hydroxyl groups is 1. The molecule has 1 aromatic rings. The molecule has 1 unspecified atom stereocenters. The van der Waals surface area contributed by atoms with Crippen molar-refractivity contribution >= 4 is 11.8 Å². The third kappa shape index (κ3) is 4.25. The van der Waals surface area contributed by atoms with Crippen molar-refractivity contribution in [2.24, 2.45) is 0 Å². The van der Waals surface area contributed by atoms with Crippen LogP contribution in [-0.4, -0.2) is 28.8 Å². The first-order chi connectivity index (χ1) is 8.24. The summed E-state index contributed by atoms with van der Waals surface area (Å²) < 4.78 is 5.94. The molecule has 1 heterocycles. The molecular formula is C14H20O2S. The van der Waals surface area contributed by atoms with Crippen LogP contribution >= 0.6 is 11.8 Å². The molecule has 0 aliphatic carbocycles. The van der Waals surface area contributed by atoms with Gasteiger partial charge in [0.25, 0.3) is 0 Å². The van der Waals surface area contributed by atoms with Crippen LogP contribution in [0.2, 0.25) is 0 Å². The van der Waals surface area contributed by atoms with E-state index < -0.39 is 0 Å². The molecular weight excluding hydrogens is 232 g/mol. The predicted octanol–water partition coefficient (Wildman–Crippen LogP) is 2.88. The van der Waals surface area contributed by atoms with Crippen molar-refractivity contribution in [3.63, 3.8) is 0 Å². The van der Waals surface area contributed by atoms with E-state index in [0.29, 0.717) is 12.5 Å². The van der Waals surface area contributed by atoms with Crippen LogP contribution in [0.5, 0.6) is 5.75 Å². The molecule has 0 aromatic heterocycles. The van der Waals surface area contributed by atoms with Gasteiger partial charge in [-0.3, -0.25) is 0 Å². The minimum atomic E-state index is -0.280. The number of hydrogen-bond acceptors (Lipinski definition) is 3. The molecule has 0 saturated carbocycles. The largest absolute Gasteiger partial charge is 0.490 e. The average molecular weight is 252 g/mol. The maximum Gasteiger partial charge on any atom is 0.119 e. The van der Waals surface area contributed by atoms with Gasteiger partial charge in [-0.15, -0.1) is 0 Å². The fourth-order valence-electron chi connectivity index (χ4n) is 2.03. The van der Waals surface area contributed by atoms with Gasteiger partial charge in [0.2, 0.25) is 0 Å². The number of ether oxygens (including phenoxy) is 1. The molecule has 1 aromatic carbocycles. The maximum absolute atomic E-state index is 9.30. The molecule has 17 heavy (non-hydrogen) atoms. The van der Waals surface area contributed by atoms with Gasteiger partial charge in [0, 0.05) is 0 Å². The second kappa shape index (κ2) is 6.31. The van der Waals surface area contributed by atoms with E-state index in [1.165, 1.54) is 11.5 Å². The summed E-state index contributed by atoms with van der Waals surface area (Å²) in [6.07, 6.45) is 3.12. The highest BCUT2D eigenvalue weighted by molar-refractivity contribution is 7.99. The van der Waals surface area contributed by atoms with Crippen LogP contribution in [0, 0.1) is 0 Å². The van der Waals surface area contributed by atoms with Crippen LogP contribution in [0.4, 0.5) is 0 Å². The van der Waals surface area contributed by atoms with Crippen molar-refractivity contribution in [1.82, 2.24) is 0 Å². The number of thioether (sulfide) groups is 1. The van der Waals surface area contributed by atoms with Crippen molar-refractivity contribution in [1.29, 1.82) is 0 Å². The summed E-state index contributed by atoms with van der Waals surface area (Å²) >= 11 is 2.01. The lowest BCUT2D eigenvalue weighted by molar-refractivity contribution is 0.191. The molecule has 0 amide bonds. The van der Waals surface area contributed by atoms with E-state index >= 15 is 0 Å². The Morgan fingerprint density at radius 3 is 2.53 bits per heavy atom. The van der Waals surface area contributed by atoms with Crippen LogP contribution in [0.25, 0.3) is 0 Å². The fraction of sp³-hybridized carbons (Fsp3) is 0.571. The van der Waals surface area contributed by atoms with Gasteiger partial charge in [-0.05, 0) is 55.4 Å². The van der Waals surface area contributed by atoms with Crippen LogP contribution < -0.4 is 4.74 Å². The van der Waals surface area contributed by atoms with Gasteiger partial charge >= 0.3 is 0 Å². The van der Waals surface area contributed by atoms with Gasteiger partial charge in [-0.2, -0.15) is 11.8 Å². The first-order valence-corrected chi connectivity index (χ1v) is 7.41. The van der Waals surface area contributed by atoms with Gasteiger partial charge < -0.3 is 9.84 Å². The third-order valence-electron chi connectivity index (χ3n) is 2.93. The van der Waals surface area contributed by atoms with Gasteiger partial charge in [-0.25, -0.2) is 0 Å². The molecule has 0 spiro atoms. The zero-order chi connectivity index (χ0) is 12.1. The van der Waals surface area contributed by atoms with E-state index in [9.17, 15) is 5.11 Å². The number of hydrogen-bond donors (Lipinski definition) is 1. The molecule has 0 bridgehead atoms. The Bertz CT molecular complexity index is 329. The van der Waals surface area contributed by atoms with Crippen molar-refractivity contribution in [2.45, 2.75) is 38.4 Å². The summed E-state index contributed by atoms with van der Waals surface area (Å²) in [5, 5.41) is 9.30. The average Bonchev–Trinajstić information content (AvgIpc) is 2.32. The second-order valence-electron chi connectivity index (χ2n) is 4.63. The monoisotopic (exact) mass is 252 g/mol. The molecule has 1 aliphatic rings. The normalized spacial score (nSPS) is 18.9. The Hall–Kier alpha value is -0.670. The van der Waals surface area contributed by atoms with E-state index in [1.54, 1.807) is 0 Å². The molecule has 1 N–H and O–H groups in total. The summed E-state index contributed by atoms with van der Waals surface area (Å²) in [6, 6.07) is 8.11. The molecule has 2 rings (SSSR count). The highest BCUT2D eigenvalue weighted by Gasteiger charge is 2.14. The smallest absolute Gasteiger partial charge is 0.119 e. The van der Waals surface area contributed by atoms with Crippen molar-refractivity contribution in [2.75, 3.05) is 11.5 Å². The summed E-state index contributed by atoms with van der Waals surface area (Å²) in [7, 11) is 0. The highest BCUT2D eigenvalue weighted by atomic mass is 32.2. The molecule has 94 valence electrons. The van der Waals surface area contributed by atoms with Crippen molar-refractivity contribution in [3.8, 4) is 5.75 Å². The molecule has 1 aliphatic heterocycles. The SMILES string of the molecule is CC(O)Cc1ccc(OC2CCSCC2)cc1. The van der Waals surface area contributed by atoms with E-state index in [2.05, 4.69) is 0 Å². The lowest BCUT2D eigenvalue weighted by Gasteiger charge is -2.22. The molecule has 1 fully saturated rings. The van der Waals surface area contributed by atoms with Gasteiger partial charge in [0.1, 0.15) is 11.9 Å². The zero-order valence-corrected chi connectivity index (χ0v) is 11.1. The Balaban J connectivity index is 1.88. The molecule has 1 saturated heterocycles. The fourth-order valence-corrected chi connectivity index (χ4v) is 3.09. The van der Waals surface area contributed by atoms with Crippen molar-refractivity contribution < 1.29 is 9.84 Å². The summed E-state index contributed by atoms with van der Waals surface area (Å²) in [5.41, 5.74) is 1.16. The highest BCUT2D eigenvalue weighted by Crippen LogP contribution is 2.23. The number of benzene rings is 1. The van der Waals surface area contributed by atoms with E-state index in [1.807, 2.05) is 43.0 Å². The van der Waals surface area contributed by atoms with Crippen LogP contribution in [0.1, 0.15) is 25.3 Å². The summed E-state index contributed by atoms with van der Waals surface area (Å²) in [5.74, 6) is 3.38. The topological polar surface area (TPSA) is 29.5 Å². The summed E-state index contributed by atoms with van der Waals surface area (Å²) in [6.45, 7) is 1.81. The minimum Gasteiger partial charge on any atom is -0.490 e. The van der Waals surface area contributed by atoms with Crippen LogP contribution in [-0.2, 0) is 6.42 Å². The quantitative estimate of drug-likeness (QED) is 0.893. The lowest BCUT2D eigenvalue weighted by Crippen LogP contribution is -2.22. The zero-order valence-electron chi connectivity index (χ0n) is 10.3. The van der Waals surface area contributed by atoms with Crippen LogP contribution in [0.15, 0.2) is 24.3 Å². The molecule has 2 nitrogen and oxygen atoms in total.